The van der Waals surface area contributed by atoms with Gasteiger partial charge in [-0.1, -0.05) is 153 Å². The average molecular weight is 687 g/mol. The highest BCUT2D eigenvalue weighted by Crippen LogP contribution is 2.51. The molecule has 1 aliphatic heterocycles. The van der Waals surface area contributed by atoms with Crippen LogP contribution in [-0.4, -0.2) is 15.0 Å². The third-order valence-electron chi connectivity index (χ3n) is 11.0. The molecule has 53 heavy (non-hydrogen) atoms. The number of rotatable bonds is 5. The number of furan rings is 1. The predicted octanol–water partition coefficient (Wildman–Crippen LogP) is 11.4. The molecule has 2 aromatic heterocycles. The second kappa shape index (κ2) is 12.7. The highest BCUT2D eigenvalue weighted by Gasteiger charge is 2.38. The summed E-state index contributed by atoms with van der Waals surface area (Å²) in [6.07, 6.45) is 9.05. The summed E-state index contributed by atoms with van der Waals surface area (Å²) >= 11 is 0. The van der Waals surface area contributed by atoms with E-state index in [1.807, 2.05) is 60.7 Å². The standard InChI is InChI=1S/C48H38N4O/c1-29-20-26-36-35(28-29)16-11-18-38(36)44-45-42(39-17-9-10-19-40(39)53-45)41-30(2)21-27-37(43(41)49-44)31-22-24-34(25-23-31)48-51-46(32-12-5-3-6-13-32)50-47(52-48)33-14-7-4-8-15-33/h3-20,22-27,29-30,44,49H,21,28H2,1-2H3. The first-order valence-corrected chi connectivity index (χ1v) is 18.6. The van der Waals surface area contributed by atoms with Gasteiger partial charge in [0.15, 0.2) is 17.5 Å². The van der Waals surface area contributed by atoms with Crippen LogP contribution in [0, 0.1) is 11.8 Å². The van der Waals surface area contributed by atoms with Crippen LogP contribution < -0.4 is 5.32 Å². The number of para-hydroxylation sites is 1. The van der Waals surface area contributed by atoms with Gasteiger partial charge in [-0.05, 0) is 58.6 Å². The predicted molar refractivity (Wildman–Crippen MR) is 214 cm³/mol. The topological polar surface area (TPSA) is 63.8 Å². The van der Waals surface area contributed by atoms with Crippen molar-refractivity contribution in [2.75, 3.05) is 0 Å². The SMILES string of the molecule is CC1C=Cc2c(cccc2C2NC3=C(c4c2oc2ccccc42)C(C)CC=C3c2ccc(-c3nc(-c4ccccc4)nc(-c4ccccc4)n3)cc2)C1. The first kappa shape index (κ1) is 31.4. The molecule has 256 valence electrons. The van der Waals surface area contributed by atoms with Crippen molar-refractivity contribution in [1.82, 2.24) is 20.3 Å². The number of aromatic nitrogens is 3. The zero-order valence-electron chi connectivity index (χ0n) is 29.8. The maximum absolute atomic E-state index is 6.80. The second-order valence-electron chi connectivity index (χ2n) is 14.5. The molecular formula is C48H38N4O. The number of benzene rings is 5. The largest absolute Gasteiger partial charge is 0.458 e. The normalized spacial score (nSPS) is 18.9. The molecule has 3 heterocycles. The molecule has 3 aliphatic rings. The van der Waals surface area contributed by atoms with Gasteiger partial charge in [0.25, 0.3) is 0 Å². The molecule has 5 heteroatoms. The monoisotopic (exact) mass is 686 g/mol. The molecule has 0 saturated carbocycles. The lowest BCUT2D eigenvalue weighted by molar-refractivity contribution is 0.484. The van der Waals surface area contributed by atoms with Gasteiger partial charge >= 0.3 is 0 Å². The Balaban J connectivity index is 1.08. The second-order valence-corrected chi connectivity index (χ2v) is 14.5. The van der Waals surface area contributed by atoms with Gasteiger partial charge in [-0.15, -0.1) is 0 Å². The zero-order chi connectivity index (χ0) is 35.5. The van der Waals surface area contributed by atoms with Crippen LogP contribution in [0.1, 0.15) is 59.9 Å². The van der Waals surface area contributed by atoms with E-state index in [1.54, 1.807) is 0 Å². The summed E-state index contributed by atoms with van der Waals surface area (Å²) in [5.41, 5.74) is 13.9. The van der Waals surface area contributed by atoms with Crippen molar-refractivity contribution in [2.24, 2.45) is 11.8 Å². The van der Waals surface area contributed by atoms with E-state index in [1.165, 1.54) is 44.5 Å². The summed E-state index contributed by atoms with van der Waals surface area (Å²) < 4.78 is 6.80. The van der Waals surface area contributed by atoms with Gasteiger partial charge in [-0.2, -0.15) is 0 Å². The highest BCUT2D eigenvalue weighted by atomic mass is 16.3. The van der Waals surface area contributed by atoms with E-state index in [2.05, 4.69) is 104 Å². The van der Waals surface area contributed by atoms with Gasteiger partial charge < -0.3 is 9.73 Å². The highest BCUT2D eigenvalue weighted by molar-refractivity contribution is 6.01. The number of hydrogen-bond acceptors (Lipinski definition) is 5. The lowest BCUT2D eigenvalue weighted by Gasteiger charge is -2.36. The minimum atomic E-state index is -0.129. The van der Waals surface area contributed by atoms with E-state index in [9.17, 15) is 0 Å². The van der Waals surface area contributed by atoms with E-state index < -0.39 is 0 Å². The third kappa shape index (κ3) is 5.43. The zero-order valence-corrected chi connectivity index (χ0v) is 29.8. The van der Waals surface area contributed by atoms with Crippen molar-refractivity contribution in [3.8, 4) is 34.2 Å². The van der Waals surface area contributed by atoms with Gasteiger partial charge in [0.2, 0.25) is 0 Å². The molecule has 3 unspecified atom stereocenters. The van der Waals surface area contributed by atoms with Crippen LogP contribution in [-0.2, 0) is 6.42 Å². The Morgan fingerprint density at radius 2 is 1.26 bits per heavy atom. The molecule has 3 atom stereocenters. The first-order valence-electron chi connectivity index (χ1n) is 18.6. The van der Waals surface area contributed by atoms with Gasteiger partial charge in [-0.3, -0.25) is 0 Å². The van der Waals surface area contributed by atoms with Crippen molar-refractivity contribution in [1.29, 1.82) is 0 Å². The van der Waals surface area contributed by atoms with E-state index in [0.717, 1.165) is 46.4 Å². The minimum Gasteiger partial charge on any atom is -0.458 e. The van der Waals surface area contributed by atoms with Crippen LogP contribution in [0.2, 0.25) is 0 Å². The molecule has 0 spiro atoms. The Morgan fingerprint density at radius 3 is 1.96 bits per heavy atom. The molecule has 0 amide bonds. The van der Waals surface area contributed by atoms with Crippen molar-refractivity contribution in [3.63, 3.8) is 0 Å². The fourth-order valence-electron chi connectivity index (χ4n) is 8.35. The van der Waals surface area contributed by atoms with Crippen LogP contribution >= 0.6 is 0 Å². The molecule has 7 aromatic rings. The van der Waals surface area contributed by atoms with Crippen molar-refractivity contribution < 1.29 is 4.42 Å². The van der Waals surface area contributed by atoms with Crippen LogP contribution in [0.5, 0.6) is 0 Å². The summed E-state index contributed by atoms with van der Waals surface area (Å²) in [6.45, 7) is 4.62. The fourth-order valence-corrected chi connectivity index (χ4v) is 8.35. The van der Waals surface area contributed by atoms with Crippen molar-refractivity contribution in [2.45, 2.75) is 32.7 Å². The Kier molecular flexibility index (Phi) is 7.53. The number of hydrogen-bond donors (Lipinski definition) is 1. The molecule has 0 fully saturated rings. The van der Waals surface area contributed by atoms with E-state index >= 15 is 0 Å². The number of nitrogens with zero attached hydrogens (tertiary/aromatic N) is 3. The van der Waals surface area contributed by atoms with Crippen LogP contribution in [0.15, 0.2) is 150 Å². The van der Waals surface area contributed by atoms with Crippen LogP contribution in [0.25, 0.3) is 62.4 Å². The molecule has 5 nitrogen and oxygen atoms in total. The quantitative estimate of drug-likeness (QED) is 0.195. The Hall–Kier alpha value is -6.33. The molecule has 10 rings (SSSR count). The molecule has 0 saturated heterocycles. The summed E-state index contributed by atoms with van der Waals surface area (Å²) in [5.74, 6) is 3.82. The lowest BCUT2D eigenvalue weighted by Crippen LogP contribution is -2.31. The lowest BCUT2D eigenvalue weighted by atomic mass is 9.76. The van der Waals surface area contributed by atoms with E-state index in [-0.39, 0.29) is 6.04 Å². The average Bonchev–Trinajstić information content (AvgIpc) is 3.61. The van der Waals surface area contributed by atoms with Gasteiger partial charge in [0, 0.05) is 38.9 Å². The van der Waals surface area contributed by atoms with Crippen molar-refractivity contribution in [3.05, 3.63) is 179 Å². The first-order chi connectivity index (χ1) is 26.1. The number of allylic oxidation sites excluding steroid dienone is 4. The maximum Gasteiger partial charge on any atom is 0.164 e. The molecule has 0 bridgehead atoms. The van der Waals surface area contributed by atoms with Gasteiger partial charge in [0.05, 0.1) is 0 Å². The summed E-state index contributed by atoms with van der Waals surface area (Å²) in [5, 5.41) is 5.26. The smallest absolute Gasteiger partial charge is 0.164 e. The summed E-state index contributed by atoms with van der Waals surface area (Å²) in [4.78, 5) is 14.8. The Bertz CT molecular complexity index is 2560. The molecule has 2 aliphatic carbocycles. The molecule has 5 aromatic carbocycles. The number of fused-ring (bicyclic) bond motifs is 5. The third-order valence-corrected chi connectivity index (χ3v) is 11.0. The Labute approximate surface area is 309 Å². The molecule has 0 radical (unpaired) electrons. The van der Waals surface area contributed by atoms with E-state index in [4.69, 9.17) is 19.4 Å². The Morgan fingerprint density at radius 1 is 0.642 bits per heavy atom. The van der Waals surface area contributed by atoms with Crippen LogP contribution in [0.4, 0.5) is 0 Å². The molecular weight excluding hydrogens is 649 g/mol. The fraction of sp³-hybridized carbons (Fsp3) is 0.146. The summed E-state index contributed by atoms with van der Waals surface area (Å²) in [6, 6.07) is 44.1. The van der Waals surface area contributed by atoms with E-state index in [0.29, 0.717) is 29.3 Å². The summed E-state index contributed by atoms with van der Waals surface area (Å²) in [7, 11) is 0. The van der Waals surface area contributed by atoms with Gasteiger partial charge in [0.1, 0.15) is 17.4 Å². The van der Waals surface area contributed by atoms with Gasteiger partial charge in [-0.25, -0.2) is 15.0 Å². The number of nitrogens with one attached hydrogen (secondary N) is 1. The molecule has 1 N–H and O–H groups in total. The minimum absolute atomic E-state index is 0.129. The van der Waals surface area contributed by atoms with Crippen molar-refractivity contribution >= 4 is 28.2 Å². The van der Waals surface area contributed by atoms with Crippen LogP contribution in [0.3, 0.4) is 0 Å². The maximum atomic E-state index is 6.80.